The van der Waals surface area contributed by atoms with Crippen molar-refractivity contribution >= 4 is 18.0 Å². The normalized spacial score (nSPS) is 31.2. The Bertz CT molecular complexity index is 1070. The second kappa shape index (κ2) is 18.6. The van der Waals surface area contributed by atoms with Crippen molar-refractivity contribution in [1.82, 2.24) is 9.80 Å². The van der Waals surface area contributed by atoms with Crippen molar-refractivity contribution in [1.29, 1.82) is 0 Å². The van der Waals surface area contributed by atoms with Crippen LogP contribution < -0.4 is 0 Å². The number of rotatable bonds is 8. The van der Waals surface area contributed by atoms with Crippen LogP contribution in [0.1, 0.15) is 98.3 Å². The van der Waals surface area contributed by atoms with E-state index in [2.05, 4.69) is 4.90 Å². The average Bonchev–Trinajstić information content (AvgIpc) is 3.32. The minimum Gasteiger partial charge on any atom is -0.469 e. The number of nitrogens with zero attached hydrogens (tertiary/aromatic N) is 2. The molecule has 0 aromatic heterocycles. The van der Waals surface area contributed by atoms with Gasteiger partial charge in [-0.15, -0.1) is 0 Å². The summed E-state index contributed by atoms with van der Waals surface area (Å²) in [7, 11) is 1.38. The van der Waals surface area contributed by atoms with Gasteiger partial charge in [0.2, 0.25) is 0 Å². The Labute approximate surface area is 275 Å². The quantitative estimate of drug-likeness (QED) is 0.118. The fourth-order valence-electron chi connectivity index (χ4n) is 6.56. The van der Waals surface area contributed by atoms with Gasteiger partial charge in [0, 0.05) is 44.6 Å². The summed E-state index contributed by atoms with van der Waals surface area (Å²) in [6.07, 6.45) is 14.9. The summed E-state index contributed by atoms with van der Waals surface area (Å²) in [5.41, 5.74) is -0.665. The van der Waals surface area contributed by atoms with E-state index in [1.165, 1.54) is 45.6 Å². The van der Waals surface area contributed by atoms with Crippen molar-refractivity contribution in [2.45, 2.75) is 128 Å². The lowest BCUT2D eigenvalue weighted by atomic mass is 9.88. The molecule has 1 aliphatic carbocycles. The highest BCUT2D eigenvalue weighted by Crippen LogP contribution is 2.28. The molecule has 1 saturated carbocycles. The summed E-state index contributed by atoms with van der Waals surface area (Å²) in [6.45, 7) is 10.2. The summed E-state index contributed by atoms with van der Waals surface area (Å²) in [4.78, 5) is 41.9. The summed E-state index contributed by atoms with van der Waals surface area (Å²) in [5, 5.41) is 22.1. The third-order valence-corrected chi connectivity index (χ3v) is 9.74. The standard InChI is InChI=1S/C36H58N2O8/c1-26(15-18-32(40)44-5)11-10-12-27(2)34-28(3)16-17-31(36(4,43)20-19-30(39)25-33(41)46-34)45-35(42)38-23-21-37(22-24-38)29-13-8-6-7-9-14-29/h10-12,16-17,26,28-31,34,39,43H,6-9,13-15,18-25H2,1-5H3/b11-10+,17-16-,27-12+/t26-,28-,30-,31-,34+,36-/m0/s1. The molecule has 1 saturated heterocycles. The molecule has 3 rings (SSSR count). The third kappa shape index (κ3) is 12.2. The van der Waals surface area contributed by atoms with E-state index in [-0.39, 0.29) is 37.1 Å². The highest BCUT2D eigenvalue weighted by molar-refractivity contribution is 5.70. The zero-order chi connectivity index (χ0) is 33.7. The Balaban J connectivity index is 1.71. The highest BCUT2D eigenvalue weighted by atomic mass is 16.6. The minimum atomic E-state index is -1.46. The average molecular weight is 647 g/mol. The van der Waals surface area contributed by atoms with Gasteiger partial charge in [-0.05, 0) is 63.5 Å². The maximum atomic E-state index is 13.4. The molecule has 0 unspecified atom stereocenters. The van der Waals surface area contributed by atoms with Gasteiger partial charge in [0.25, 0.3) is 0 Å². The van der Waals surface area contributed by atoms with E-state index < -0.39 is 36.0 Å². The number of aliphatic hydroxyl groups excluding tert-OH is 1. The van der Waals surface area contributed by atoms with Crippen LogP contribution in [0.5, 0.6) is 0 Å². The molecule has 10 heteroatoms. The highest BCUT2D eigenvalue weighted by Gasteiger charge is 2.37. The van der Waals surface area contributed by atoms with E-state index in [0.29, 0.717) is 32.0 Å². The lowest BCUT2D eigenvalue weighted by Crippen LogP contribution is -2.53. The molecule has 0 spiro atoms. The van der Waals surface area contributed by atoms with Crippen LogP contribution in [0.3, 0.4) is 0 Å². The first-order valence-corrected chi connectivity index (χ1v) is 17.3. The fourth-order valence-corrected chi connectivity index (χ4v) is 6.56. The topological polar surface area (TPSA) is 126 Å². The molecule has 0 aromatic rings. The number of hydrogen-bond donors (Lipinski definition) is 2. The summed E-state index contributed by atoms with van der Waals surface area (Å²) in [6, 6.07) is 0.591. The fraction of sp³-hybridized carbons (Fsp3) is 0.750. The number of hydrogen-bond acceptors (Lipinski definition) is 9. The van der Waals surface area contributed by atoms with Gasteiger partial charge < -0.3 is 29.3 Å². The van der Waals surface area contributed by atoms with Crippen molar-refractivity contribution < 1.29 is 38.8 Å². The molecule has 10 nitrogen and oxygen atoms in total. The van der Waals surface area contributed by atoms with E-state index in [1.54, 1.807) is 17.9 Å². The van der Waals surface area contributed by atoms with Crippen molar-refractivity contribution in [3.05, 3.63) is 36.0 Å². The number of carbonyl (C=O) groups is 3. The molecule has 2 aliphatic heterocycles. The lowest BCUT2D eigenvalue weighted by Gasteiger charge is -2.40. The number of cyclic esters (lactones) is 1. The molecule has 46 heavy (non-hydrogen) atoms. The van der Waals surface area contributed by atoms with Gasteiger partial charge in [-0.2, -0.15) is 0 Å². The van der Waals surface area contributed by atoms with Crippen molar-refractivity contribution in [3.63, 3.8) is 0 Å². The second-order valence-electron chi connectivity index (χ2n) is 13.8. The van der Waals surface area contributed by atoms with Crippen LogP contribution in [0.4, 0.5) is 4.79 Å². The maximum absolute atomic E-state index is 13.4. The lowest BCUT2D eigenvalue weighted by molar-refractivity contribution is -0.151. The van der Waals surface area contributed by atoms with E-state index in [0.717, 1.165) is 18.7 Å². The summed E-state index contributed by atoms with van der Waals surface area (Å²) < 4.78 is 16.5. The van der Waals surface area contributed by atoms with Crippen LogP contribution in [-0.2, 0) is 23.8 Å². The number of allylic oxidation sites excluding steroid dienone is 3. The smallest absolute Gasteiger partial charge is 0.410 e. The number of piperazine rings is 1. The first-order valence-electron chi connectivity index (χ1n) is 17.3. The Morgan fingerprint density at radius 3 is 2.43 bits per heavy atom. The van der Waals surface area contributed by atoms with Gasteiger partial charge in [0.05, 0.1) is 19.6 Å². The second-order valence-corrected chi connectivity index (χ2v) is 13.8. The van der Waals surface area contributed by atoms with Crippen LogP contribution in [0, 0.1) is 11.8 Å². The van der Waals surface area contributed by atoms with Gasteiger partial charge in [0.15, 0.2) is 6.10 Å². The molecular weight excluding hydrogens is 588 g/mol. The van der Waals surface area contributed by atoms with E-state index in [1.807, 2.05) is 45.1 Å². The van der Waals surface area contributed by atoms with Crippen LogP contribution in [-0.4, -0.2) is 101 Å². The molecule has 1 amide bonds. The number of methoxy groups -OCH3 is 1. The molecule has 0 bridgehead atoms. The van der Waals surface area contributed by atoms with E-state index in [9.17, 15) is 24.6 Å². The largest absolute Gasteiger partial charge is 0.469 e. The summed E-state index contributed by atoms with van der Waals surface area (Å²) in [5.74, 6) is -0.938. The van der Waals surface area contributed by atoms with Gasteiger partial charge in [-0.1, -0.05) is 63.8 Å². The molecule has 2 fully saturated rings. The van der Waals surface area contributed by atoms with E-state index >= 15 is 0 Å². The van der Waals surface area contributed by atoms with Crippen molar-refractivity contribution in [3.8, 4) is 0 Å². The number of esters is 2. The Morgan fingerprint density at radius 2 is 1.78 bits per heavy atom. The predicted molar refractivity (Wildman–Crippen MR) is 177 cm³/mol. The Kier molecular flexibility index (Phi) is 15.3. The van der Waals surface area contributed by atoms with Crippen molar-refractivity contribution in [2.75, 3.05) is 33.3 Å². The molecule has 2 N–H and O–H groups in total. The van der Waals surface area contributed by atoms with E-state index in [4.69, 9.17) is 14.2 Å². The minimum absolute atomic E-state index is 0.134. The number of carbonyl (C=O) groups excluding carboxylic acids is 3. The molecule has 0 radical (unpaired) electrons. The molecule has 260 valence electrons. The van der Waals surface area contributed by atoms with Crippen LogP contribution in [0.2, 0.25) is 0 Å². The zero-order valence-corrected chi connectivity index (χ0v) is 28.7. The van der Waals surface area contributed by atoms with Crippen molar-refractivity contribution in [2.24, 2.45) is 11.8 Å². The molecule has 0 aromatic carbocycles. The van der Waals surface area contributed by atoms with Gasteiger partial charge in [-0.25, -0.2) is 4.79 Å². The van der Waals surface area contributed by atoms with Crippen LogP contribution in [0.25, 0.3) is 0 Å². The number of aliphatic hydroxyl groups is 2. The monoisotopic (exact) mass is 646 g/mol. The number of ether oxygens (including phenoxy) is 3. The maximum Gasteiger partial charge on any atom is 0.410 e. The van der Waals surface area contributed by atoms with Gasteiger partial charge in [-0.3, -0.25) is 14.5 Å². The van der Waals surface area contributed by atoms with Gasteiger partial charge >= 0.3 is 18.0 Å². The molecule has 2 heterocycles. The van der Waals surface area contributed by atoms with Crippen LogP contribution in [0.15, 0.2) is 36.0 Å². The Hall–Kier alpha value is -2.69. The van der Waals surface area contributed by atoms with Gasteiger partial charge in [0.1, 0.15) is 11.7 Å². The van der Waals surface area contributed by atoms with Crippen LogP contribution >= 0.6 is 0 Å². The first kappa shape index (κ1) is 37.8. The third-order valence-electron chi connectivity index (χ3n) is 9.74. The first-order chi connectivity index (χ1) is 21.9. The SMILES string of the molecule is COC(=O)CC[C@@H](C)/C=C/C=C(\C)[C@H]1OC(=O)C[C@@H](O)CC[C@](C)(O)[C@@H](OC(=O)N2CCN(C3CCCCCC3)CC2)/C=C\[C@@H]1C. The summed E-state index contributed by atoms with van der Waals surface area (Å²) >= 11 is 0. The predicted octanol–water partition coefficient (Wildman–Crippen LogP) is 5.32. The molecule has 3 aliphatic rings. The molecular formula is C36H58N2O8. The Morgan fingerprint density at radius 1 is 1.11 bits per heavy atom. The molecule has 6 atom stereocenters. The number of amides is 1. The zero-order valence-electron chi connectivity index (χ0n) is 28.7.